The van der Waals surface area contributed by atoms with Gasteiger partial charge in [0.15, 0.2) is 11.2 Å². The molecule has 72 heavy (non-hydrogen) atoms. The summed E-state index contributed by atoms with van der Waals surface area (Å²) in [7, 11) is 0. The zero-order chi connectivity index (χ0) is 47.5. The molecule has 0 unspecified atom stereocenters. The highest BCUT2D eigenvalue weighted by atomic mass is 16.3. The molecule has 2 heterocycles. The fourth-order valence-corrected chi connectivity index (χ4v) is 10.8. The molecule has 0 radical (unpaired) electrons. The summed E-state index contributed by atoms with van der Waals surface area (Å²) in [5.74, 6) is 0. The van der Waals surface area contributed by atoms with Crippen molar-refractivity contribution >= 4 is 99.5 Å². The topological polar surface area (TPSA) is 32.8 Å². The largest absolute Gasteiger partial charge is 0.454 e. The molecule has 0 aliphatic carbocycles. The fraction of sp³-hybridized carbons (Fsp3) is 0. The van der Waals surface area contributed by atoms with Gasteiger partial charge in [0.2, 0.25) is 0 Å². The fourth-order valence-electron chi connectivity index (χ4n) is 10.8. The van der Waals surface area contributed by atoms with Crippen LogP contribution in [0.1, 0.15) is 0 Å². The molecular formula is C68H44N2O2. The maximum Gasteiger partial charge on any atom is 0.159 e. The van der Waals surface area contributed by atoms with Crippen LogP contribution in [0.4, 0.5) is 34.1 Å². The van der Waals surface area contributed by atoms with E-state index in [1.54, 1.807) is 0 Å². The monoisotopic (exact) mass is 920 g/mol. The lowest BCUT2D eigenvalue weighted by Gasteiger charge is -2.29. The van der Waals surface area contributed by atoms with Crippen LogP contribution in [0, 0.1) is 0 Å². The van der Waals surface area contributed by atoms with Crippen molar-refractivity contribution in [3.05, 3.63) is 267 Å². The van der Waals surface area contributed by atoms with Gasteiger partial charge >= 0.3 is 0 Å². The molecule has 0 atom stereocenters. The van der Waals surface area contributed by atoms with E-state index in [0.717, 1.165) is 117 Å². The van der Waals surface area contributed by atoms with Gasteiger partial charge in [0.1, 0.15) is 11.2 Å². The second kappa shape index (κ2) is 17.1. The summed E-state index contributed by atoms with van der Waals surface area (Å²) in [4.78, 5) is 4.71. The SMILES string of the molecule is c1ccc(-c2ccc(N(c3ccccc3-c3cccc(N(c4cccc(-c5ccc6ccccc6c5)c4)c4cccc5c4oc4ccccc45)c3)c3cccc4c3oc3c5ccccc5ccc43)cc2)cc1. The molecule has 338 valence electrons. The van der Waals surface area contributed by atoms with Crippen LogP contribution >= 0.6 is 0 Å². The van der Waals surface area contributed by atoms with Crippen molar-refractivity contribution in [3.8, 4) is 33.4 Å². The zero-order valence-corrected chi connectivity index (χ0v) is 39.1. The number of nitrogens with zero attached hydrogens (tertiary/aromatic N) is 2. The van der Waals surface area contributed by atoms with Gasteiger partial charge in [-0.2, -0.15) is 0 Å². The highest BCUT2D eigenvalue weighted by Gasteiger charge is 2.25. The third-order valence-electron chi connectivity index (χ3n) is 14.2. The van der Waals surface area contributed by atoms with Crippen LogP contribution in [0.3, 0.4) is 0 Å². The van der Waals surface area contributed by atoms with Gasteiger partial charge in [0.25, 0.3) is 0 Å². The van der Waals surface area contributed by atoms with E-state index >= 15 is 0 Å². The van der Waals surface area contributed by atoms with E-state index in [1.165, 1.54) is 16.3 Å². The van der Waals surface area contributed by atoms with Crippen LogP contribution in [0.5, 0.6) is 0 Å². The van der Waals surface area contributed by atoms with Gasteiger partial charge in [-0.3, -0.25) is 0 Å². The minimum Gasteiger partial charge on any atom is -0.454 e. The molecule has 12 aromatic carbocycles. The van der Waals surface area contributed by atoms with Crippen molar-refractivity contribution < 1.29 is 8.83 Å². The molecular weight excluding hydrogens is 877 g/mol. The van der Waals surface area contributed by atoms with E-state index in [2.05, 4.69) is 271 Å². The Morgan fingerprint density at radius 2 is 0.750 bits per heavy atom. The van der Waals surface area contributed by atoms with Crippen molar-refractivity contribution in [2.45, 2.75) is 0 Å². The number of hydrogen-bond acceptors (Lipinski definition) is 4. The third kappa shape index (κ3) is 7.00. The second-order valence-corrected chi connectivity index (χ2v) is 18.4. The van der Waals surface area contributed by atoms with E-state index in [4.69, 9.17) is 8.83 Å². The first kappa shape index (κ1) is 41.3. The average Bonchev–Trinajstić information content (AvgIpc) is 4.04. The summed E-state index contributed by atoms with van der Waals surface area (Å²) in [5.41, 5.74) is 16.1. The van der Waals surface area contributed by atoms with Crippen LogP contribution in [-0.2, 0) is 0 Å². The van der Waals surface area contributed by atoms with Gasteiger partial charge in [-0.25, -0.2) is 0 Å². The summed E-state index contributed by atoms with van der Waals surface area (Å²) >= 11 is 0. The first-order valence-electron chi connectivity index (χ1n) is 24.5. The molecule has 4 nitrogen and oxygen atoms in total. The molecule has 0 fully saturated rings. The second-order valence-electron chi connectivity index (χ2n) is 18.4. The Morgan fingerprint density at radius 1 is 0.236 bits per heavy atom. The first-order chi connectivity index (χ1) is 35.7. The Labute approximate surface area is 416 Å². The Hall–Kier alpha value is -9.64. The molecule has 0 amide bonds. The quantitative estimate of drug-likeness (QED) is 0.144. The lowest BCUT2D eigenvalue weighted by Crippen LogP contribution is -2.12. The molecule has 0 spiro atoms. The minimum atomic E-state index is 0.830. The minimum absolute atomic E-state index is 0.830. The van der Waals surface area contributed by atoms with Crippen molar-refractivity contribution in [2.24, 2.45) is 0 Å². The highest BCUT2D eigenvalue weighted by molar-refractivity contribution is 6.18. The van der Waals surface area contributed by atoms with Crippen LogP contribution in [0.2, 0.25) is 0 Å². The maximum absolute atomic E-state index is 7.07. The lowest BCUT2D eigenvalue weighted by atomic mass is 9.99. The Balaban J connectivity index is 0.961. The summed E-state index contributed by atoms with van der Waals surface area (Å²) in [6.07, 6.45) is 0. The van der Waals surface area contributed by atoms with E-state index in [9.17, 15) is 0 Å². The average molecular weight is 921 g/mol. The Bertz CT molecular complexity index is 4360. The first-order valence-corrected chi connectivity index (χ1v) is 24.5. The van der Waals surface area contributed by atoms with Crippen molar-refractivity contribution in [1.82, 2.24) is 0 Å². The Kier molecular flexibility index (Phi) is 9.82. The van der Waals surface area contributed by atoms with Crippen LogP contribution in [0.15, 0.2) is 276 Å². The summed E-state index contributed by atoms with van der Waals surface area (Å²) in [5, 5.41) is 9.00. The number of rotatable bonds is 9. The van der Waals surface area contributed by atoms with Crippen molar-refractivity contribution in [3.63, 3.8) is 0 Å². The predicted octanol–water partition coefficient (Wildman–Crippen LogP) is 19.7. The molecule has 0 bridgehead atoms. The van der Waals surface area contributed by atoms with Crippen LogP contribution in [0.25, 0.3) is 98.8 Å². The predicted molar refractivity (Wildman–Crippen MR) is 302 cm³/mol. The molecule has 0 aliphatic rings. The van der Waals surface area contributed by atoms with E-state index in [0.29, 0.717) is 0 Å². The third-order valence-corrected chi connectivity index (χ3v) is 14.2. The summed E-state index contributed by atoms with van der Waals surface area (Å²) in [6.45, 7) is 0. The van der Waals surface area contributed by atoms with Gasteiger partial charge in [-0.05, 0) is 117 Å². The van der Waals surface area contributed by atoms with E-state index in [1.807, 2.05) is 6.07 Å². The molecule has 2 aromatic heterocycles. The number of benzene rings is 12. The molecule has 4 heteroatoms. The number of anilines is 6. The zero-order valence-electron chi connectivity index (χ0n) is 39.1. The maximum atomic E-state index is 7.07. The standard InChI is InChI=1S/C68H44N2O2/c1-2-16-45(17-3-1)47-36-39-53(40-37-47)70(64-32-15-29-60-61-41-38-48-19-6-7-26-57(48)66(61)72-68(60)64)62-30-10-8-25-56(62)52-22-13-24-55(44-52)69(63-31-14-28-59-58-27-9-11-33-65(58)71-67(59)63)54-23-12-21-50(43-54)51-35-34-46-18-4-5-20-49(46)42-51/h1-44H. The molecule has 0 saturated carbocycles. The molecule has 0 N–H and O–H groups in total. The van der Waals surface area contributed by atoms with Gasteiger partial charge in [0, 0.05) is 49.6 Å². The molecule has 0 saturated heterocycles. The van der Waals surface area contributed by atoms with Gasteiger partial charge < -0.3 is 18.6 Å². The number of fused-ring (bicyclic) bond motifs is 9. The van der Waals surface area contributed by atoms with Gasteiger partial charge in [-0.1, -0.05) is 194 Å². The van der Waals surface area contributed by atoms with Crippen LogP contribution in [-0.4, -0.2) is 0 Å². The van der Waals surface area contributed by atoms with Crippen molar-refractivity contribution in [2.75, 3.05) is 9.80 Å². The van der Waals surface area contributed by atoms with E-state index < -0.39 is 0 Å². The highest BCUT2D eigenvalue weighted by Crippen LogP contribution is 2.48. The molecule has 14 aromatic rings. The van der Waals surface area contributed by atoms with Crippen LogP contribution < -0.4 is 9.80 Å². The van der Waals surface area contributed by atoms with Gasteiger partial charge in [0.05, 0.1) is 17.1 Å². The number of hydrogen-bond donors (Lipinski definition) is 0. The van der Waals surface area contributed by atoms with E-state index in [-0.39, 0.29) is 0 Å². The normalized spacial score (nSPS) is 11.6. The summed E-state index contributed by atoms with van der Waals surface area (Å²) < 4.78 is 13.9. The van der Waals surface area contributed by atoms with Crippen molar-refractivity contribution in [1.29, 1.82) is 0 Å². The molecule has 0 aliphatic heterocycles. The number of para-hydroxylation sites is 4. The number of furan rings is 2. The van der Waals surface area contributed by atoms with Gasteiger partial charge in [-0.15, -0.1) is 0 Å². The summed E-state index contributed by atoms with van der Waals surface area (Å²) in [6, 6.07) is 95.3. The smallest absolute Gasteiger partial charge is 0.159 e. The molecule has 14 rings (SSSR count). The lowest BCUT2D eigenvalue weighted by molar-refractivity contribution is 0.669. The Morgan fingerprint density at radius 3 is 1.57 bits per heavy atom.